The number of sulfonamides is 1. The van der Waals surface area contributed by atoms with Crippen molar-refractivity contribution in [2.75, 3.05) is 19.8 Å². The summed E-state index contributed by atoms with van der Waals surface area (Å²) in [6.07, 6.45) is 1.02. The van der Waals surface area contributed by atoms with Gasteiger partial charge in [-0.2, -0.15) is 0 Å². The zero-order valence-corrected chi connectivity index (χ0v) is 11.4. The summed E-state index contributed by atoms with van der Waals surface area (Å²) in [6, 6.07) is 0. The van der Waals surface area contributed by atoms with E-state index in [4.69, 9.17) is 22.7 Å². The van der Waals surface area contributed by atoms with Crippen molar-refractivity contribution >= 4 is 27.2 Å². The van der Waals surface area contributed by atoms with Crippen molar-refractivity contribution in [2.24, 2.45) is 5.73 Å². The van der Waals surface area contributed by atoms with E-state index in [1.54, 1.807) is 6.92 Å². The minimum atomic E-state index is -3.43. The molecule has 0 aliphatic carbocycles. The van der Waals surface area contributed by atoms with Gasteiger partial charge in [-0.15, -0.1) is 0 Å². The summed E-state index contributed by atoms with van der Waals surface area (Å²) in [5.41, 5.74) is 5.37. The van der Waals surface area contributed by atoms with E-state index in [9.17, 15) is 8.42 Å². The Labute approximate surface area is 103 Å². The van der Waals surface area contributed by atoms with Crippen LogP contribution >= 0.6 is 12.2 Å². The lowest BCUT2D eigenvalue weighted by Gasteiger charge is -2.15. The second-order valence-electron chi connectivity index (χ2n) is 3.29. The monoisotopic (exact) mass is 268 g/mol. The van der Waals surface area contributed by atoms with E-state index in [0.29, 0.717) is 32.6 Å². The summed E-state index contributed by atoms with van der Waals surface area (Å²) < 4.78 is 31.0. The average molecular weight is 268 g/mol. The van der Waals surface area contributed by atoms with Crippen LogP contribution in [0.4, 0.5) is 0 Å². The van der Waals surface area contributed by atoms with Crippen molar-refractivity contribution < 1.29 is 13.2 Å². The van der Waals surface area contributed by atoms with E-state index < -0.39 is 15.3 Å². The van der Waals surface area contributed by atoms with E-state index in [2.05, 4.69) is 4.72 Å². The van der Waals surface area contributed by atoms with Gasteiger partial charge in [0.05, 0.1) is 4.99 Å². The second-order valence-corrected chi connectivity index (χ2v) is 5.71. The van der Waals surface area contributed by atoms with E-state index in [1.807, 2.05) is 6.92 Å². The molecule has 0 bridgehead atoms. The van der Waals surface area contributed by atoms with E-state index >= 15 is 0 Å². The molecule has 96 valence electrons. The first-order chi connectivity index (χ1) is 7.45. The highest BCUT2D eigenvalue weighted by atomic mass is 32.2. The fourth-order valence-corrected chi connectivity index (χ4v) is 3.13. The molecule has 7 heteroatoms. The average Bonchev–Trinajstić information content (AvgIpc) is 2.17. The summed E-state index contributed by atoms with van der Waals surface area (Å²) in [7, 11) is -3.43. The molecular formula is C9H20N2O3S2. The lowest BCUT2D eigenvalue weighted by Crippen LogP contribution is -2.42. The highest BCUT2D eigenvalue weighted by molar-refractivity contribution is 7.93. The summed E-state index contributed by atoms with van der Waals surface area (Å²) in [4.78, 5) is 0.0137. The number of thiocarbonyl (C=S) groups is 1. The van der Waals surface area contributed by atoms with E-state index in [-0.39, 0.29) is 4.99 Å². The van der Waals surface area contributed by atoms with Gasteiger partial charge in [-0.1, -0.05) is 19.1 Å². The number of nitrogens with one attached hydrogen (secondary N) is 1. The highest BCUT2D eigenvalue weighted by Crippen LogP contribution is 2.04. The van der Waals surface area contributed by atoms with Crippen LogP contribution in [0.15, 0.2) is 0 Å². The zero-order chi connectivity index (χ0) is 12.6. The van der Waals surface area contributed by atoms with Crippen LogP contribution in [0, 0.1) is 0 Å². The van der Waals surface area contributed by atoms with Crippen LogP contribution in [-0.4, -0.2) is 38.4 Å². The zero-order valence-electron chi connectivity index (χ0n) is 9.73. The van der Waals surface area contributed by atoms with Crippen molar-refractivity contribution in [3.8, 4) is 0 Å². The summed E-state index contributed by atoms with van der Waals surface area (Å²) in [5, 5.41) is -0.783. The molecule has 0 saturated heterocycles. The van der Waals surface area contributed by atoms with Crippen LogP contribution in [0.5, 0.6) is 0 Å². The Kier molecular flexibility index (Phi) is 7.82. The molecule has 5 nitrogen and oxygen atoms in total. The van der Waals surface area contributed by atoms with Gasteiger partial charge in [0.1, 0.15) is 5.25 Å². The molecule has 3 N–H and O–H groups in total. The molecule has 0 aliphatic heterocycles. The maximum Gasteiger partial charge on any atom is 0.221 e. The third kappa shape index (κ3) is 5.74. The number of ether oxygens (including phenoxy) is 1. The Hall–Kier alpha value is -0.240. The Morgan fingerprint density at radius 3 is 2.56 bits per heavy atom. The van der Waals surface area contributed by atoms with Gasteiger partial charge >= 0.3 is 0 Å². The largest absolute Gasteiger partial charge is 0.392 e. The van der Waals surface area contributed by atoms with Crippen LogP contribution < -0.4 is 10.5 Å². The molecule has 0 rings (SSSR count). The molecule has 0 aromatic heterocycles. The third-order valence-electron chi connectivity index (χ3n) is 2.04. The molecule has 0 aromatic rings. The predicted octanol–water partition coefficient (Wildman–Crippen LogP) is 0.397. The molecule has 0 aromatic carbocycles. The lowest BCUT2D eigenvalue weighted by molar-refractivity contribution is 0.146. The van der Waals surface area contributed by atoms with Gasteiger partial charge in [0.2, 0.25) is 10.0 Å². The SMILES string of the molecule is CCOCCCNS(=O)(=O)C(CC)C(N)=S. The molecule has 0 heterocycles. The maximum absolute atomic E-state index is 11.7. The first kappa shape index (κ1) is 15.8. The van der Waals surface area contributed by atoms with Crippen molar-refractivity contribution in [3.63, 3.8) is 0 Å². The fraction of sp³-hybridized carbons (Fsp3) is 0.889. The van der Waals surface area contributed by atoms with Gasteiger partial charge in [0.15, 0.2) is 0 Å². The molecule has 0 fully saturated rings. The molecule has 0 spiro atoms. The first-order valence-electron chi connectivity index (χ1n) is 5.31. The maximum atomic E-state index is 11.7. The molecule has 0 saturated carbocycles. The van der Waals surface area contributed by atoms with Crippen molar-refractivity contribution in [2.45, 2.75) is 31.9 Å². The van der Waals surface area contributed by atoms with Gasteiger partial charge in [-0.3, -0.25) is 0 Å². The molecule has 1 atom stereocenters. The molecule has 0 amide bonds. The molecular weight excluding hydrogens is 248 g/mol. The Morgan fingerprint density at radius 2 is 2.12 bits per heavy atom. The van der Waals surface area contributed by atoms with Gasteiger partial charge in [0.25, 0.3) is 0 Å². The van der Waals surface area contributed by atoms with Gasteiger partial charge < -0.3 is 10.5 Å². The van der Waals surface area contributed by atoms with Gasteiger partial charge in [0, 0.05) is 19.8 Å². The molecule has 0 aliphatic rings. The standard InChI is InChI=1S/C9H20N2O3S2/c1-3-8(9(10)15)16(12,13)11-6-5-7-14-4-2/h8,11H,3-7H2,1-2H3,(H2,10,15). The molecule has 1 unspecified atom stereocenters. The topological polar surface area (TPSA) is 81.4 Å². The van der Waals surface area contributed by atoms with Crippen LogP contribution in [0.3, 0.4) is 0 Å². The molecule has 0 radical (unpaired) electrons. The second kappa shape index (κ2) is 7.94. The third-order valence-corrected chi connectivity index (χ3v) is 4.41. The van der Waals surface area contributed by atoms with Gasteiger partial charge in [-0.25, -0.2) is 13.1 Å². The summed E-state index contributed by atoms with van der Waals surface area (Å²) in [6.45, 7) is 5.16. The number of nitrogens with two attached hydrogens (primary N) is 1. The lowest BCUT2D eigenvalue weighted by atomic mass is 10.3. The predicted molar refractivity (Wildman–Crippen MR) is 68.9 cm³/mol. The smallest absolute Gasteiger partial charge is 0.221 e. The summed E-state index contributed by atoms with van der Waals surface area (Å²) >= 11 is 4.72. The van der Waals surface area contributed by atoms with Crippen LogP contribution in [-0.2, 0) is 14.8 Å². The van der Waals surface area contributed by atoms with Crippen LogP contribution in [0.2, 0.25) is 0 Å². The quantitative estimate of drug-likeness (QED) is 0.467. The van der Waals surface area contributed by atoms with E-state index in [0.717, 1.165) is 0 Å². The minimum absolute atomic E-state index is 0.0137. The highest BCUT2D eigenvalue weighted by Gasteiger charge is 2.25. The number of rotatable bonds is 9. The van der Waals surface area contributed by atoms with Crippen molar-refractivity contribution in [3.05, 3.63) is 0 Å². The Bertz CT molecular complexity index is 304. The Balaban J connectivity index is 4.09. The van der Waals surface area contributed by atoms with Crippen LogP contribution in [0.25, 0.3) is 0 Å². The van der Waals surface area contributed by atoms with Crippen LogP contribution in [0.1, 0.15) is 26.7 Å². The van der Waals surface area contributed by atoms with E-state index in [1.165, 1.54) is 0 Å². The molecule has 16 heavy (non-hydrogen) atoms. The number of hydrogen-bond donors (Lipinski definition) is 2. The summed E-state index contributed by atoms with van der Waals surface area (Å²) in [5.74, 6) is 0. The Morgan fingerprint density at radius 1 is 1.50 bits per heavy atom. The minimum Gasteiger partial charge on any atom is -0.392 e. The van der Waals surface area contributed by atoms with Crippen molar-refractivity contribution in [1.82, 2.24) is 4.72 Å². The fourth-order valence-electron chi connectivity index (χ4n) is 1.21. The van der Waals surface area contributed by atoms with Crippen molar-refractivity contribution in [1.29, 1.82) is 0 Å². The number of hydrogen-bond acceptors (Lipinski definition) is 4. The normalized spacial score (nSPS) is 13.6. The first-order valence-corrected chi connectivity index (χ1v) is 7.26. The van der Waals surface area contributed by atoms with Gasteiger partial charge in [-0.05, 0) is 19.8 Å².